The minimum absolute atomic E-state index is 0.186. The molecule has 1 aliphatic carbocycles. The van der Waals surface area contributed by atoms with Crippen molar-refractivity contribution >= 4 is 59.3 Å². The monoisotopic (exact) mass is 446 g/mol. The van der Waals surface area contributed by atoms with E-state index in [1.807, 2.05) is 11.8 Å². The van der Waals surface area contributed by atoms with Gasteiger partial charge in [-0.15, -0.1) is 0 Å². The molecule has 3 rings (SSSR count). The van der Waals surface area contributed by atoms with E-state index in [9.17, 15) is 0 Å². The number of hydrogen-bond acceptors (Lipinski definition) is 1. The van der Waals surface area contributed by atoms with Gasteiger partial charge < -0.3 is 0 Å². The maximum absolute atomic E-state index is 6.25. The van der Waals surface area contributed by atoms with Gasteiger partial charge in [0, 0.05) is 0 Å². The molecular weight excluding hydrogens is 442 g/mol. The Kier molecular flexibility index (Phi) is 3.84. The van der Waals surface area contributed by atoms with Crippen molar-refractivity contribution in [2.45, 2.75) is 8.88 Å². The Hall–Kier alpha value is 1.54. The molecule has 17 heavy (non-hydrogen) atoms. The quantitative estimate of drug-likeness (QED) is 0.536. The Bertz CT molecular complexity index is 512. The van der Waals surface area contributed by atoms with Gasteiger partial charge in [0.15, 0.2) is 0 Å². The number of hydrogen-bond donors (Lipinski definition) is 0. The molecule has 0 N–H and O–H groups in total. The molecule has 0 spiro atoms. The van der Waals surface area contributed by atoms with Crippen LogP contribution in [0.4, 0.5) is 0 Å². The Balaban J connectivity index is 2.03. The van der Waals surface area contributed by atoms with Crippen LogP contribution in [-0.2, 0) is 16.7 Å². The second-order valence-corrected chi connectivity index (χ2v) is 25.4. The first kappa shape index (κ1) is 13.5. The Morgan fingerprint density at radius 2 is 2.06 bits per heavy atom. The first-order valence-corrected chi connectivity index (χ1v) is 17.9. The van der Waals surface area contributed by atoms with E-state index in [-0.39, 0.29) is 2.96 Å². The van der Waals surface area contributed by atoms with Gasteiger partial charge in [0.05, 0.1) is 0 Å². The fraction of sp³-hybridized carbons (Fsp3) is 0.273. The van der Waals surface area contributed by atoms with Crippen molar-refractivity contribution < 1.29 is 16.7 Å². The first-order valence-electron chi connectivity index (χ1n) is 5.16. The average Bonchev–Trinajstić information content (AvgIpc) is 2.72. The molecule has 1 aromatic carbocycles. The summed E-state index contributed by atoms with van der Waals surface area (Å²) in [5.74, 6) is 1.52. The summed E-state index contributed by atoms with van der Waals surface area (Å²) in [6, 6.07) is 6.42. The molecule has 0 bridgehead atoms. The molecule has 1 heterocycles. The van der Waals surface area contributed by atoms with Crippen LogP contribution in [0, 0.1) is 0 Å². The molecule has 0 saturated carbocycles. The van der Waals surface area contributed by atoms with Crippen molar-refractivity contribution in [1.82, 2.24) is 0 Å². The van der Waals surface area contributed by atoms with E-state index >= 15 is 0 Å². The fourth-order valence-electron chi connectivity index (χ4n) is 2.46. The molecule has 2 aliphatic rings. The summed E-state index contributed by atoms with van der Waals surface area (Å²) in [5.41, 5.74) is 4.02. The van der Waals surface area contributed by atoms with Gasteiger partial charge in [0.1, 0.15) is 0 Å². The molecule has 90 valence electrons. The van der Waals surface area contributed by atoms with Gasteiger partial charge in [-0.2, -0.15) is 0 Å². The van der Waals surface area contributed by atoms with Crippen LogP contribution >= 0.6 is 53.2 Å². The van der Waals surface area contributed by atoms with Crippen LogP contribution in [0.25, 0.3) is 6.08 Å². The number of fused-ring (bicyclic) bond motifs is 3. The van der Waals surface area contributed by atoms with E-state index in [0.717, 1.165) is 10.2 Å². The van der Waals surface area contributed by atoms with Crippen molar-refractivity contribution in [3.05, 3.63) is 39.4 Å². The number of halogens is 4. The van der Waals surface area contributed by atoms with E-state index in [1.54, 1.807) is 0 Å². The molecule has 0 aromatic heterocycles. The molecule has 0 nitrogen and oxygen atoms in total. The predicted molar refractivity (Wildman–Crippen MR) is 78.7 cm³/mol. The normalized spacial score (nSPS) is 26.7. The van der Waals surface area contributed by atoms with Crippen molar-refractivity contribution in [1.29, 1.82) is 0 Å². The van der Waals surface area contributed by atoms with Gasteiger partial charge in [-0.05, 0) is 0 Å². The van der Waals surface area contributed by atoms with E-state index < -0.39 is 16.7 Å². The molecule has 1 saturated heterocycles. The van der Waals surface area contributed by atoms with Crippen LogP contribution in [0.2, 0.25) is 0 Å². The van der Waals surface area contributed by atoms with Gasteiger partial charge >= 0.3 is 130 Å². The van der Waals surface area contributed by atoms with E-state index in [4.69, 9.17) is 25.5 Å². The van der Waals surface area contributed by atoms with Crippen molar-refractivity contribution in [3.63, 3.8) is 0 Å². The summed E-state index contributed by atoms with van der Waals surface area (Å²) in [6.45, 7) is 0. The summed E-state index contributed by atoms with van der Waals surface area (Å²) < 4.78 is 1.29. The summed E-state index contributed by atoms with van der Waals surface area (Å²) >= 11 is 1.92. The average molecular weight is 450 g/mol. The number of thioether (sulfide) groups is 1. The summed E-state index contributed by atoms with van der Waals surface area (Å²) in [4.78, 5) is 0. The van der Waals surface area contributed by atoms with Crippen LogP contribution in [0.1, 0.15) is 17.0 Å². The Morgan fingerprint density at radius 1 is 1.29 bits per heavy atom. The third-order valence-corrected chi connectivity index (χ3v) is 16.6. The molecule has 1 fully saturated rings. The summed E-state index contributed by atoms with van der Waals surface area (Å²) in [7, 11) is 18.8. The predicted octanol–water partition coefficient (Wildman–Crippen LogP) is 5.62. The van der Waals surface area contributed by atoms with Crippen LogP contribution in [0.15, 0.2) is 28.2 Å². The molecule has 2 unspecified atom stereocenters. The van der Waals surface area contributed by atoms with Crippen molar-refractivity contribution in [2.24, 2.45) is 0 Å². The Morgan fingerprint density at radius 3 is 2.76 bits per heavy atom. The Labute approximate surface area is 128 Å². The molecule has 2 atom stereocenters. The number of rotatable bonds is 1. The van der Waals surface area contributed by atoms with Crippen LogP contribution < -0.4 is 0 Å². The van der Waals surface area contributed by atoms with E-state index in [1.165, 1.54) is 16.7 Å². The summed E-state index contributed by atoms with van der Waals surface area (Å²) in [6.07, 6.45) is 2.23. The van der Waals surface area contributed by atoms with Gasteiger partial charge in [0.2, 0.25) is 0 Å². The molecule has 0 amide bonds. The van der Waals surface area contributed by atoms with Crippen LogP contribution in [0.3, 0.4) is 0 Å². The zero-order valence-corrected chi connectivity index (χ0v) is 15.7. The standard InChI is InChI=1S/C11H8BrS.3ClH.Zr/c12-9-1-2-10-7(4-9)3-8-5-13-6-11(8)10;;;;/h1-5,11H,6H2;3*1H;/q;;;;+3/p-3. The maximum atomic E-state index is 6.25. The second kappa shape index (κ2) is 4.83. The molecular formula is C11H8BrCl3SZr. The minimum atomic E-state index is -3.40. The molecule has 6 heteroatoms. The molecule has 1 aromatic rings. The zero-order valence-electron chi connectivity index (χ0n) is 8.59. The number of benzene rings is 1. The van der Waals surface area contributed by atoms with E-state index in [2.05, 4.69) is 40.2 Å². The molecule has 1 aliphatic heterocycles. The molecule has 0 radical (unpaired) electrons. The van der Waals surface area contributed by atoms with E-state index in [0.29, 0.717) is 5.92 Å². The van der Waals surface area contributed by atoms with Crippen molar-refractivity contribution in [2.75, 3.05) is 5.75 Å². The van der Waals surface area contributed by atoms with Crippen LogP contribution in [0.5, 0.6) is 0 Å². The zero-order chi connectivity index (χ0) is 12.2. The van der Waals surface area contributed by atoms with Gasteiger partial charge in [-0.1, -0.05) is 0 Å². The third-order valence-electron chi connectivity index (χ3n) is 3.18. The van der Waals surface area contributed by atoms with Gasteiger partial charge in [0.25, 0.3) is 0 Å². The summed E-state index contributed by atoms with van der Waals surface area (Å²) in [5, 5.41) is 0. The van der Waals surface area contributed by atoms with Gasteiger partial charge in [-0.3, -0.25) is 0 Å². The third kappa shape index (κ3) is 2.46. The SMILES string of the molecule is [Cl][Zr]([Cl])([Cl])[CH]1SCC2C1=Cc1cc(Br)ccc12. The van der Waals surface area contributed by atoms with Crippen molar-refractivity contribution in [3.8, 4) is 0 Å². The topological polar surface area (TPSA) is 0 Å². The first-order chi connectivity index (χ1) is 7.97. The van der Waals surface area contributed by atoms with Gasteiger partial charge in [-0.25, -0.2) is 0 Å². The van der Waals surface area contributed by atoms with Crippen LogP contribution in [-0.4, -0.2) is 8.71 Å². The fourth-order valence-corrected chi connectivity index (χ4v) is 13.5. The second-order valence-electron chi connectivity index (χ2n) is 4.23.